The number of nitrogens with two attached hydrogens (primary N) is 1. The Morgan fingerprint density at radius 2 is 1.70 bits per heavy atom. The van der Waals surface area contributed by atoms with Crippen LogP contribution < -0.4 is 21.7 Å². The highest BCUT2D eigenvalue weighted by Gasteiger charge is 2.29. The van der Waals surface area contributed by atoms with Crippen LogP contribution in [0.2, 0.25) is 0 Å². The van der Waals surface area contributed by atoms with Crippen LogP contribution in [-0.2, 0) is 25.6 Å². The molecular formula is C17H24N4O6. The van der Waals surface area contributed by atoms with Gasteiger partial charge in [0.2, 0.25) is 17.7 Å². The highest BCUT2D eigenvalue weighted by molar-refractivity contribution is 5.93. The van der Waals surface area contributed by atoms with Crippen molar-refractivity contribution in [1.82, 2.24) is 16.0 Å². The standard InChI is InChI=1S/C17H24N4O6/c1-10(22)15(17(27)19-9-14(24)25)21-16(26)12(20-13(23)8-18)7-11-5-3-2-4-6-11/h2-6,10,12,15,22H,7-9,18H2,1H3,(H,19,27)(H,20,23)(H,21,26)(H,24,25). The first kappa shape index (κ1) is 22.1. The van der Waals surface area contributed by atoms with Crippen molar-refractivity contribution in [3.63, 3.8) is 0 Å². The van der Waals surface area contributed by atoms with Crippen molar-refractivity contribution in [2.45, 2.75) is 31.5 Å². The first-order chi connectivity index (χ1) is 12.7. The van der Waals surface area contributed by atoms with E-state index in [4.69, 9.17) is 10.8 Å². The summed E-state index contributed by atoms with van der Waals surface area (Å²) in [5.41, 5.74) is 6.04. The Labute approximate surface area is 156 Å². The van der Waals surface area contributed by atoms with Crippen LogP contribution in [0.3, 0.4) is 0 Å². The highest BCUT2D eigenvalue weighted by atomic mass is 16.4. The number of aliphatic hydroxyl groups excluding tert-OH is 1. The third-order valence-electron chi connectivity index (χ3n) is 3.60. The summed E-state index contributed by atoms with van der Waals surface area (Å²) in [7, 11) is 0. The molecule has 0 spiro atoms. The number of carbonyl (C=O) groups excluding carboxylic acids is 3. The van der Waals surface area contributed by atoms with Gasteiger partial charge in [-0.2, -0.15) is 0 Å². The highest BCUT2D eigenvalue weighted by Crippen LogP contribution is 2.05. The second-order valence-corrected chi connectivity index (χ2v) is 5.85. The van der Waals surface area contributed by atoms with Gasteiger partial charge in [0, 0.05) is 6.42 Å². The van der Waals surface area contributed by atoms with Crippen molar-refractivity contribution in [3.05, 3.63) is 35.9 Å². The van der Waals surface area contributed by atoms with Gasteiger partial charge in [0.25, 0.3) is 0 Å². The third-order valence-corrected chi connectivity index (χ3v) is 3.60. The normalized spacial score (nSPS) is 13.7. The van der Waals surface area contributed by atoms with Crippen LogP contribution in [0, 0.1) is 0 Å². The topological polar surface area (TPSA) is 171 Å². The first-order valence-electron chi connectivity index (χ1n) is 8.26. The Kier molecular flexibility index (Phi) is 8.90. The summed E-state index contributed by atoms with van der Waals surface area (Å²) in [4.78, 5) is 46.8. The van der Waals surface area contributed by atoms with E-state index in [1.54, 1.807) is 30.3 Å². The molecule has 10 nitrogen and oxygen atoms in total. The van der Waals surface area contributed by atoms with Gasteiger partial charge < -0.3 is 31.9 Å². The van der Waals surface area contributed by atoms with Gasteiger partial charge in [0.15, 0.2) is 0 Å². The lowest BCUT2D eigenvalue weighted by Gasteiger charge is -2.24. The van der Waals surface area contributed by atoms with Crippen LogP contribution >= 0.6 is 0 Å². The zero-order valence-electron chi connectivity index (χ0n) is 14.8. The maximum absolute atomic E-state index is 12.6. The molecule has 1 aromatic carbocycles. The molecule has 148 valence electrons. The molecule has 0 bridgehead atoms. The molecule has 3 atom stereocenters. The third kappa shape index (κ3) is 7.84. The number of hydrogen-bond donors (Lipinski definition) is 6. The number of aliphatic carboxylic acids is 1. The second kappa shape index (κ2) is 10.9. The van der Waals surface area contributed by atoms with Gasteiger partial charge in [-0.15, -0.1) is 0 Å². The van der Waals surface area contributed by atoms with Gasteiger partial charge in [-0.25, -0.2) is 0 Å². The van der Waals surface area contributed by atoms with E-state index in [-0.39, 0.29) is 13.0 Å². The molecule has 0 aliphatic carbocycles. The van der Waals surface area contributed by atoms with Crippen molar-refractivity contribution in [1.29, 1.82) is 0 Å². The van der Waals surface area contributed by atoms with Gasteiger partial charge in [-0.3, -0.25) is 19.2 Å². The minimum absolute atomic E-state index is 0.141. The van der Waals surface area contributed by atoms with E-state index < -0.39 is 48.4 Å². The van der Waals surface area contributed by atoms with Gasteiger partial charge in [0.05, 0.1) is 12.6 Å². The molecule has 0 fully saturated rings. The van der Waals surface area contributed by atoms with Crippen molar-refractivity contribution < 1.29 is 29.4 Å². The van der Waals surface area contributed by atoms with E-state index >= 15 is 0 Å². The van der Waals surface area contributed by atoms with Gasteiger partial charge in [-0.1, -0.05) is 30.3 Å². The number of nitrogens with one attached hydrogen (secondary N) is 3. The molecule has 7 N–H and O–H groups in total. The van der Waals surface area contributed by atoms with E-state index in [0.29, 0.717) is 0 Å². The Balaban J connectivity index is 2.88. The number of amides is 3. The predicted molar refractivity (Wildman–Crippen MR) is 95.4 cm³/mol. The average molecular weight is 380 g/mol. The van der Waals surface area contributed by atoms with Crippen molar-refractivity contribution in [3.8, 4) is 0 Å². The van der Waals surface area contributed by atoms with Crippen LogP contribution in [-0.4, -0.2) is 65.2 Å². The molecule has 3 amide bonds. The molecule has 3 unspecified atom stereocenters. The lowest BCUT2D eigenvalue weighted by Crippen LogP contribution is -2.58. The molecule has 0 radical (unpaired) electrons. The molecule has 0 saturated carbocycles. The Morgan fingerprint density at radius 1 is 1.07 bits per heavy atom. The van der Waals surface area contributed by atoms with Gasteiger partial charge in [-0.05, 0) is 12.5 Å². The summed E-state index contributed by atoms with van der Waals surface area (Å²) >= 11 is 0. The van der Waals surface area contributed by atoms with Gasteiger partial charge >= 0.3 is 5.97 Å². The first-order valence-corrected chi connectivity index (χ1v) is 8.26. The molecular weight excluding hydrogens is 356 g/mol. The van der Waals surface area contributed by atoms with Crippen LogP contribution in [0.4, 0.5) is 0 Å². The predicted octanol–water partition coefficient (Wildman–Crippen LogP) is -2.26. The lowest BCUT2D eigenvalue weighted by molar-refractivity contribution is -0.139. The molecule has 10 heteroatoms. The monoisotopic (exact) mass is 380 g/mol. The number of hydrogen-bond acceptors (Lipinski definition) is 6. The molecule has 0 aliphatic rings. The Bertz CT molecular complexity index is 665. The molecule has 27 heavy (non-hydrogen) atoms. The smallest absolute Gasteiger partial charge is 0.322 e. The number of carboxylic acids is 1. The summed E-state index contributed by atoms with van der Waals surface area (Å²) in [5, 5.41) is 25.3. The minimum atomic E-state index is -1.38. The average Bonchev–Trinajstić information content (AvgIpc) is 2.63. The summed E-state index contributed by atoms with van der Waals surface area (Å²) in [6.45, 7) is 0.294. The molecule has 1 aromatic rings. The zero-order valence-corrected chi connectivity index (χ0v) is 14.8. The Hall–Kier alpha value is -2.98. The van der Waals surface area contributed by atoms with Crippen molar-refractivity contribution >= 4 is 23.7 Å². The molecule has 0 aromatic heterocycles. The maximum Gasteiger partial charge on any atom is 0.322 e. The second-order valence-electron chi connectivity index (χ2n) is 5.85. The molecule has 0 aliphatic heterocycles. The zero-order chi connectivity index (χ0) is 20.4. The largest absolute Gasteiger partial charge is 0.480 e. The minimum Gasteiger partial charge on any atom is -0.480 e. The van der Waals surface area contributed by atoms with Crippen LogP contribution in [0.25, 0.3) is 0 Å². The summed E-state index contributed by atoms with van der Waals surface area (Å²) in [6, 6.07) is 6.45. The van der Waals surface area contributed by atoms with E-state index in [1.165, 1.54) is 6.92 Å². The van der Waals surface area contributed by atoms with Crippen molar-refractivity contribution in [2.24, 2.45) is 5.73 Å². The molecule has 0 heterocycles. The fourth-order valence-electron chi connectivity index (χ4n) is 2.24. The van der Waals surface area contributed by atoms with E-state index in [1.807, 2.05) is 0 Å². The summed E-state index contributed by atoms with van der Waals surface area (Å²) in [6.07, 6.45) is -1.15. The van der Waals surface area contributed by atoms with E-state index in [9.17, 15) is 24.3 Å². The Morgan fingerprint density at radius 3 is 2.22 bits per heavy atom. The number of carboxylic acid groups (broad SMARTS) is 1. The quantitative estimate of drug-likeness (QED) is 0.266. The molecule has 1 rings (SSSR count). The lowest BCUT2D eigenvalue weighted by atomic mass is 10.0. The number of aliphatic hydroxyl groups is 1. The summed E-state index contributed by atoms with van der Waals surface area (Å²) in [5.74, 6) is -3.40. The SMILES string of the molecule is CC(O)C(NC(=O)C(Cc1ccccc1)NC(=O)CN)C(=O)NCC(=O)O. The van der Waals surface area contributed by atoms with E-state index in [0.717, 1.165) is 5.56 Å². The molecule has 0 saturated heterocycles. The van der Waals surface area contributed by atoms with Crippen LogP contribution in [0.15, 0.2) is 30.3 Å². The summed E-state index contributed by atoms with van der Waals surface area (Å²) < 4.78 is 0. The maximum atomic E-state index is 12.6. The van der Waals surface area contributed by atoms with Crippen LogP contribution in [0.1, 0.15) is 12.5 Å². The van der Waals surface area contributed by atoms with Gasteiger partial charge in [0.1, 0.15) is 18.6 Å². The number of rotatable bonds is 10. The number of benzene rings is 1. The van der Waals surface area contributed by atoms with Crippen LogP contribution in [0.5, 0.6) is 0 Å². The fourth-order valence-corrected chi connectivity index (χ4v) is 2.24. The number of carbonyl (C=O) groups is 4. The van der Waals surface area contributed by atoms with E-state index in [2.05, 4.69) is 16.0 Å². The van der Waals surface area contributed by atoms with Crippen molar-refractivity contribution in [2.75, 3.05) is 13.1 Å². The fraction of sp³-hybridized carbons (Fsp3) is 0.412.